The predicted molar refractivity (Wildman–Crippen MR) is 70.8 cm³/mol. The van der Waals surface area contributed by atoms with Gasteiger partial charge in [0.05, 0.1) is 6.10 Å². The van der Waals surface area contributed by atoms with Crippen LogP contribution in [0.5, 0.6) is 0 Å². The Bertz CT molecular complexity index is 346. The van der Waals surface area contributed by atoms with Crippen LogP contribution in [-0.4, -0.2) is 63.8 Å². The second-order valence-electron chi connectivity index (χ2n) is 5.77. The highest BCUT2D eigenvalue weighted by Crippen LogP contribution is 2.21. The Morgan fingerprint density at radius 2 is 1.95 bits per heavy atom. The highest BCUT2D eigenvalue weighted by atomic mass is 16.4. The molecule has 0 radical (unpaired) electrons. The smallest absolute Gasteiger partial charge is 0.326 e. The topological polar surface area (TPSA) is 81.1 Å². The van der Waals surface area contributed by atoms with E-state index in [0.717, 1.165) is 6.42 Å². The summed E-state index contributed by atoms with van der Waals surface area (Å²) in [6.45, 7) is 6.19. The lowest BCUT2D eigenvalue weighted by Gasteiger charge is -2.32. The molecule has 1 rings (SSSR count). The Morgan fingerprint density at radius 1 is 1.37 bits per heavy atom. The number of carbonyl (C=O) groups excluding carboxylic acids is 1. The fourth-order valence-corrected chi connectivity index (χ4v) is 2.49. The summed E-state index contributed by atoms with van der Waals surface area (Å²) >= 11 is 0. The normalized spacial score (nSPS) is 24.6. The van der Waals surface area contributed by atoms with Crippen molar-refractivity contribution in [3.63, 3.8) is 0 Å². The number of carboxylic acid groups (broad SMARTS) is 1. The highest BCUT2D eigenvalue weighted by molar-refractivity contribution is 5.83. The number of aliphatic hydroxyl groups excluding tert-OH is 1. The number of nitrogens with zero attached hydrogens (tertiary/aromatic N) is 2. The first-order valence-electron chi connectivity index (χ1n) is 6.68. The molecule has 2 amide bonds. The van der Waals surface area contributed by atoms with Gasteiger partial charge in [0.15, 0.2) is 0 Å². The lowest BCUT2D eigenvalue weighted by molar-refractivity contribution is -0.141. The number of hydrogen-bond donors (Lipinski definition) is 2. The lowest BCUT2D eigenvalue weighted by Crippen LogP contribution is -2.49. The second kappa shape index (κ2) is 6.23. The molecule has 1 heterocycles. The summed E-state index contributed by atoms with van der Waals surface area (Å²) in [6.07, 6.45) is 0.211. The van der Waals surface area contributed by atoms with E-state index in [1.54, 1.807) is 11.9 Å². The van der Waals surface area contributed by atoms with Crippen molar-refractivity contribution in [2.45, 2.75) is 51.8 Å². The van der Waals surface area contributed by atoms with E-state index < -0.39 is 18.1 Å². The second-order valence-corrected chi connectivity index (χ2v) is 5.77. The molecule has 1 fully saturated rings. The summed E-state index contributed by atoms with van der Waals surface area (Å²) in [5.41, 5.74) is 0. The molecule has 1 saturated heterocycles. The van der Waals surface area contributed by atoms with E-state index in [-0.39, 0.29) is 25.0 Å². The predicted octanol–water partition coefficient (Wildman–Crippen LogP) is 0.993. The number of aliphatic carboxylic acids is 1. The van der Waals surface area contributed by atoms with Crippen LogP contribution in [0.3, 0.4) is 0 Å². The van der Waals surface area contributed by atoms with E-state index in [4.69, 9.17) is 5.11 Å². The number of amides is 2. The minimum atomic E-state index is -1.06. The zero-order valence-electron chi connectivity index (χ0n) is 12.0. The summed E-state index contributed by atoms with van der Waals surface area (Å²) in [5, 5.41) is 18.7. The number of carboxylic acids is 1. The quantitative estimate of drug-likeness (QED) is 0.799. The molecule has 0 spiro atoms. The standard InChI is InChI=1S/C13H24N2O4/c1-8(2)5-9(3)14(4)13(19)15-7-10(16)6-11(15)12(17)18/h8-11,16H,5-7H2,1-4H3,(H,17,18)/t9?,10?,11-/m0/s1. The number of hydrogen-bond acceptors (Lipinski definition) is 3. The van der Waals surface area contributed by atoms with E-state index >= 15 is 0 Å². The van der Waals surface area contributed by atoms with Crippen molar-refractivity contribution in [1.29, 1.82) is 0 Å². The summed E-state index contributed by atoms with van der Waals surface area (Å²) in [6, 6.07) is -1.20. The first-order chi connectivity index (χ1) is 8.73. The molecule has 1 aliphatic rings. The van der Waals surface area contributed by atoms with Gasteiger partial charge >= 0.3 is 12.0 Å². The van der Waals surface area contributed by atoms with Gasteiger partial charge in [-0.2, -0.15) is 0 Å². The van der Waals surface area contributed by atoms with Crippen molar-refractivity contribution in [2.24, 2.45) is 5.92 Å². The zero-order chi connectivity index (χ0) is 14.7. The van der Waals surface area contributed by atoms with Gasteiger partial charge in [0, 0.05) is 26.1 Å². The molecule has 0 aromatic heterocycles. The minimum absolute atomic E-state index is 0.0414. The van der Waals surface area contributed by atoms with E-state index in [0.29, 0.717) is 5.92 Å². The van der Waals surface area contributed by atoms with Crippen molar-refractivity contribution >= 4 is 12.0 Å². The van der Waals surface area contributed by atoms with Gasteiger partial charge in [-0.05, 0) is 19.3 Å². The van der Waals surface area contributed by atoms with Gasteiger partial charge in [-0.3, -0.25) is 0 Å². The maximum atomic E-state index is 12.3. The molecule has 0 aromatic rings. The van der Waals surface area contributed by atoms with Crippen LogP contribution < -0.4 is 0 Å². The number of aliphatic hydroxyl groups is 1. The molecule has 19 heavy (non-hydrogen) atoms. The Morgan fingerprint density at radius 3 is 2.42 bits per heavy atom. The third-order valence-electron chi connectivity index (χ3n) is 3.59. The first-order valence-corrected chi connectivity index (χ1v) is 6.68. The average molecular weight is 272 g/mol. The minimum Gasteiger partial charge on any atom is -0.480 e. The van der Waals surface area contributed by atoms with Gasteiger partial charge in [0.25, 0.3) is 0 Å². The molecule has 1 aliphatic heterocycles. The van der Waals surface area contributed by atoms with E-state index in [1.165, 1.54) is 4.90 Å². The monoisotopic (exact) mass is 272 g/mol. The summed E-state index contributed by atoms with van der Waals surface area (Å²) in [5.74, 6) is -0.598. The van der Waals surface area contributed by atoms with Crippen molar-refractivity contribution in [1.82, 2.24) is 9.80 Å². The van der Waals surface area contributed by atoms with Crippen LogP contribution in [0.2, 0.25) is 0 Å². The van der Waals surface area contributed by atoms with E-state index in [9.17, 15) is 14.7 Å². The molecule has 0 bridgehead atoms. The van der Waals surface area contributed by atoms with E-state index in [2.05, 4.69) is 13.8 Å². The Hall–Kier alpha value is -1.30. The maximum absolute atomic E-state index is 12.3. The van der Waals surface area contributed by atoms with Crippen molar-refractivity contribution in [2.75, 3.05) is 13.6 Å². The SMILES string of the molecule is CC(C)CC(C)N(C)C(=O)N1CC(O)C[C@H]1C(=O)O. The molecular weight excluding hydrogens is 248 g/mol. The van der Waals surface area contributed by atoms with Crippen LogP contribution in [0, 0.1) is 5.92 Å². The van der Waals surface area contributed by atoms with Crippen LogP contribution in [0.15, 0.2) is 0 Å². The lowest BCUT2D eigenvalue weighted by atomic mass is 10.0. The number of urea groups is 1. The van der Waals surface area contributed by atoms with Crippen LogP contribution in [0.25, 0.3) is 0 Å². The first kappa shape index (κ1) is 15.8. The van der Waals surface area contributed by atoms with Crippen LogP contribution in [0.4, 0.5) is 4.79 Å². The zero-order valence-corrected chi connectivity index (χ0v) is 12.0. The number of carbonyl (C=O) groups is 2. The molecule has 6 heteroatoms. The molecule has 110 valence electrons. The van der Waals surface area contributed by atoms with Gasteiger partial charge in [0.1, 0.15) is 6.04 Å². The van der Waals surface area contributed by atoms with Gasteiger partial charge < -0.3 is 20.0 Å². The summed E-state index contributed by atoms with van der Waals surface area (Å²) < 4.78 is 0. The summed E-state index contributed by atoms with van der Waals surface area (Å²) in [7, 11) is 1.68. The van der Waals surface area contributed by atoms with Gasteiger partial charge in [0.2, 0.25) is 0 Å². The largest absolute Gasteiger partial charge is 0.480 e. The molecule has 0 aliphatic carbocycles. The third kappa shape index (κ3) is 3.83. The molecule has 3 atom stereocenters. The molecule has 0 aromatic carbocycles. The molecular formula is C13H24N2O4. The van der Waals surface area contributed by atoms with Crippen LogP contribution in [-0.2, 0) is 4.79 Å². The fourth-order valence-electron chi connectivity index (χ4n) is 2.49. The van der Waals surface area contributed by atoms with Crippen molar-refractivity contribution < 1.29 is 19.8 Å². The van der Waals surface area contributed by atoms with Crippen LogP contribution >= 0.6 is 0 Å². The number of β-amino-alcohol motifs (C(OH)–C–C–N with tert-alkyl or cyclic N) is 1. The summed E-state index contributed by atoms with van der Waals surface area (Å²) in [4.78, 5) is 26.2. The van der Waals surface area contributed by atoms with Gasteiger partial charge in [-0.1, -0.05) is 13.8 Å². The molecule has 2 N–H and O–H groups in total. The Labute approximate surface area is 114 Å². The average Bonchev–Trinajstić information content (AvgIpc) is 2.68. The van der Waals surface area contributed by atoms with Crippen molar-refractivity contribution in [3.8, 4) is 0 Å². The third-order valence-corrected chi connectivity index (χ3v) is 3.59. The number of rotatable bonds is 4. The van der Waals surface area contributed by atoms with Crippen molar-refractivity contribution in [3.05, 3.63) is 0 Å². The van der Waals surface area contributed by atoms with E-state index in [1.807, 2.05) is 6.92 Å². The molecule has 2 unspecified atom stereocenters. The maximum Gasteiger partial charge on any atom is 0.326 e. The molecule has 0 saturated carbocycles. The highest BCUT2D eigenvalue weighted by Gasteiger charge is 2.40. The van der Waals surface area contributed by atoms with Gasteiger partial charge in [-0.25, -0.2) is 9.59 Å². The van der Waals surface area contributed by atoms with Gasteiger partial charge in [-0.15, -0.1) is 0 Å². The molecule has 6 nitrogen and oxygen atoms in total. The van der Waals surface area contributed by atoms with Crippen LogP contribution in [0.1, 0.15) is 33.6 Å². The Kier molecular flexibility index (Phi) is 5.17. The Balaban J connectivity index is 2.72. The number of likely N-dealkylation sites (tertiary alicyclic amines) is 1. The fraction of sp³-hybridized carbons (Fsp3) is 0.846.